The monoisotopic (exact) mass is 257 g/mol. The first-order valence-corrected chi connectivity index (χ1v) is 6.42. The smallest absolute Gasteiger partial charge is 0.159 e. The van der Waals surface area contributed by atoms with Crippen molar-refractivity contribution in [2.24, 2.45) is 0 Å². The van der Waals surface area contributed by atoms with Crippen molar-refractivity contribution in [2.45, 2.75) is 32.7 Å². The van der Waals surface area contributed by atoms with Crippen LogP contribution in [0.15, 0.2) is 18.2 Å². The SMILES string of the molecule is CCCNC(COCC)Cc1ccc(F)c(F)c1. The average molecular weight is 257 g/mol. The molecule has 0 saturated heterocycles. The Balaban J connectivity index is 2.59. The Kier molecular flexibility index (Phi) is 6.83. The van der Waals surface area contributed by atoms with Crippen molar-refractivity contribution < 1.29 is 13.5 Å². The Labute approximate surface area is 107 Å². The highest BCUT2D eigenvalue weighted by molar-refractivity contribution is 5.18. The topological polar surface area (TPSA) is 21.3 Å². The van der Waals surface area contributed by atoms with Crippen molar-refractivity contribution >= 4 is 0 Å². The molecule has 0 saturated carbocycles. The van der Waals surface area contributed by atoms with Gasteiger partial charge in [-0.1, -0.05) is 13.0 Å². The van der Waals surface area contributed by atoms with Crippen LogP contribution in [0.25, 0.3) is 0 Å². The Bertz CT molecular complexity index is 350. The molecule has 0 bridgehead atoms. The summed E-state index contributed by atoms with van der Waals surface area (Å²) >= 11 is 0. The van der Waals surface area contributed by atoms with Crippen LogP contribution in [-0.2, 0) is 11.2 Å². The molecule has 1 aromatic carbocycles. The predicted molar refractivity (Wildman–Crippen MR) is 68.6 cm³/mol. The van der Waals surface area contributed by atoms with Gasteiger partial charge in [-0.15, -0.1) is 0 Å². The van der Waals surface area contributed by atoms with E-state index in [-0.39, 0.29) is 6.04 Å². The van der Waals surface area contributed by atoms with Crippen molar-refractivity contribution in [1.29, 1.82) is 0 Å². The van der Waals surface area contributed by atoms with E-state index in [2.05, 4.69) is 12.2 Å². The highest BCUT2D eigenvalue weighted by atomic mass is 19.2. The molecule has 0 aliphatic heterocycles. The van der Waals surface area contributed by atoms with Crippen LogP contribution in [0.2, 0.25) is 0 Å². The zero-order chi connectivity index (χ0) is 13.4. The Morgan fingerprint density at radius 1 is 1.22 bits per heavy atom. The zero-order valence-electron chi connectivity index (χ0n) is 11.0. The second-order valence-electron chi connectivity index (χ2n) is 4.26. The second-order valence-corrected chi connectivity index (χ2v) is 4.26. The third kappa shape index (κ3) is 5.10. The molecule has 0 heterocycles. The number of hydrogen-bond acceptors (Lipinski definition) is 2. The molecule has 102 valence electrons. The van der Waals surface area contributed by atoms with E-state index in [1.54, 1.807) is 6.07 Å². The van der Waals surface area contributed by atoms with E-state index in [0.29, 0.717) is 19.6 Å². The number of ether oxygens (including phenoxy) is 1. The molecule has 4 heteroatoms. The minimum atomic E-state index is -0.804. The molecule has 0 radical (unpaired) electrons. The van der Waals surface area contributed by atoms with Crippen molar-refractivity contribution in [3.63, 3.8) is 0 Å². The van der Waals surface area contributed by atoms with Gasteiger partial charge in [0.15, 0.2) is 11.6 Å². The van der Waals surface area contributed by atoms with E-state index >= 15 is 0 Å². The zero-order valence-corrected chi connectivity index (χ0v) is 11.0. The van der Waals surface area contributed by atoms with Crippen LogP contribution in [0.3, 0.4) is 0 Å². The van der Waals surface area contributed by atoms with E-state index < -0.39 is 11.6 Å². The summed E-state index contributed by atoms with van der Waals surface area (Å²) in [5.41, 5.74) is 0.780. The Morgan fingerprint density at radius 2 is 2.00 bits per heavy atom. The normalized spacial score (nSPS) is 12.7. The third-order valence-electron chi connectivity index (χ3n) is 2.67. The van der Waals surface area contributed by atoms with Gasteiger partial charge in [-0.2, -0.15) is 0 Å². The maximum absolute atomic E-state index is 13.1. The second kappa shape index (κ2) is 8.16. The van der Waals surface area contributed by atoms with Gasteiger partial charge < -0.3 is 10.1 Å². The summed E-state index contributed by atoms with van der Waals surface area (Å²) in [5, 5.41) is 3.35. The molecule has 1 atom stereocenters. The molecule has 0 aliphatic carbocycles. The van der Waals surface area contributed by atoms with Crippen LogP contribution in [-0.4, -0.2) is 25.8 Å². The lowest BCUT2D eigenvalue weighted by Gasteiger charge is -2.18. The van der Waals surface area contributed by atoms with Crippen LogP contribution >= 0.6 is 0 Å². The van der Waals surface area contributed by atoms with Crippen LogP contribution in [0, 0.1) is 11.6 Å². The van der Waals surface area contributed by atoms with Crippen molar-refractivity contribution in [2.75, 3.05) is 19.8 Å². The molecular weight excluding hydrogens is 236 g/mol. The predicted octanol–water partition coefficient (Wildman–Crippen LogP) is 2.91. The Morgan fingerprint density at radius 3 is 2.61 bits per heavy atom. The average Bonchev–Trinajstić information content (AvgIpc) is 2.37. The van der Waals surface area contributed by atoms with Gasteiger partial charge in [-0.05, 0) is 44.0 Å². The number of halogens is 2. The van der Waals surface area contributed by atoms with Gasteiger partial charge in [-0.3, -0.25) is 0 Å². The molecule has 0 aliphatic rings. The molecule has 0 spiro atoms. The van der Waals surface area contributed by atoms with E-state index in [1.165, 1.54) is 12.1 Å². The highest BCUT2D eigenvalue weighted by Gasteiger charge is 2.10. The van der Waals surface area contributed by atoms with Gasteiger partial charge >= 0.3 is 0 Å². The lowest BCUT2D eigenvalue weighted by molar-refractivity contribution is 0.122. The fourth-order valence-electron chi connectivity index (χ4n) is 1.75. The first kappa shape index (κ1) is 15.1. The van der Waals surface area contributed by atoms with Gasteiger partial charge in [0.25, 0.3) is 0 Å². The van der Waals surface area contributed by atoms with Gasteiger partial charge in [-0.25, -0.2) is 8.78 Å². The first-order chi connectivity index (χ1) is 8.67. The van der Waals surface area contributed by atoms with E-state index in [0.717, 1.165) is 18.5 Å². The van der Waals surface area contributed by atoms with Crippen molar-refractivity contribution in [1.82, 2.24) is 5.32 Å². The number of rotatable bonds is 8. The van der Waals surface area contributed by atoms with Crippen molar-refractivity contribution in [3.8, 4) is 0 Å². The summed E-state index contributed by atoms with van der Waals surface area (Å²) in [7, 11) is 0. The minimum Gasteiger partial charge on any atom is -0.380 e. The summed E-state index contributed by atoms with van der Waals surface area (Å²) < 4.78 is 31.3. The van der Waals surface area contributed by atoms with E-state index in [1.807, 2.05) is 6.92 Å². The standard InChI is InChI=1S/C14H21F2NO/c1-3-7-17-12(10-18-4-2)8-11-5-6-13(15)14(16)9-11/h5-6,9,12,17H,3-4,7-8,10H2,1-2H3. The summed E-state index contributed by atoms with van der Waals surface area (Å²) in [6, 6.07) is 4.17. The maximum Gasteiger partial charge on any atom is 0.159 e. The minimum absolute atomic E-state index is 0.134. The molecule has 2 nitrogen and oxygen atoms in total. The number of nitrogens with one attached hydrogen (secondary N) is 1. The first-order valence-electron chi connectivity index (χ1n) is 6.42. The summed E-state index contributed by atoms with van der Waals surface area (Å²) in [6.07, 6.45) is 1.66. The fourth-order valence-corrected chi connectivity index (χ4v) is 1.75. The largest absolute Gasteiger partial charge is 0.380 e. The maximum atomic E-state index is 13.1. The van der Waals surface area contributed by atoms with E-state index in [4.69, 9.17) is 4.74 Å². The molecule has 1 aromatic rings. The molecule has 1 rings (SSSR count). The number of benzene rings is 1. The Hall–Kier alpha value is -1.00. The summed E-state index contributed by atoms with van der Waals surface area (Å²) in [5.74, 6) is -1.60. The third-order valence-corrected chi connectivity index (χ3v) is 2.67. The van der Waals surface area contributed by atoms with Crippen LogP contribution < -0.4 is 5.32 Å². The summed E-state index contributed by atoms with van der Waals surface area (Å²) in [4.78, 5) is 0. The molecular formula is C14H21F2NO. The highest BCUT2D eigenvalue weighted by Crippen LogP contribution is 2.11. The fraction of sp³-hybridized carbons (Fsp3) is 0.571. The van der Waals surface area contributed by atoms with Gasteiger partial charge in [0.05, 0.1) is 6.61 Å². The van der Waals surface area contributed by atoms with Gasteiger partial charge in [0, 0.05) is 12.6 Å². The molecule has 0 amide bonds. The molecule has 0 fully saturated rings. The molecule has 1 N–H and O–H groups in total. The van der Waals surface area contributed by atoms with Gasteiger partial charge in [0.1, 0.15) is 0 Å². The van der Waals surface area contributed by atoms with Crippen LogP contribution in [0.5, 0.6) is 0 Å². The van der Waals surface area contributed by atoms with Gasteiger partial charge in [0.2, 0.25) is 0 Å². The number of hydrogen-bond donors (Lipinski definition) is 1. The van der Waals surface area contributed by atoms with Crippen molar-refractivity contribution in [3.05, 3.63) is 35.4 Å². The lowest BCUT2D eigenvalue weighted by Crippen LogP contribution is -2.36. The van der Waals surface area contributed by atoms with Crippen LogP contribution in [0.4, 0.5) is 8.78 Å². The molecule has 0 aromatic heterocycles. The lowest BCUT2D eigenvalue weighted by atomic mass is 10.1. The van der Waals surface area contributed by atoms with Crippen LogP contribution in [0.1, 0.15) is 25.8 Å². The summed E-state index contributed by atoms with van der Waals surface area (Å²) in [6.45, 7) is 6.15. The molecule has 18 heavy (non-hydrogen) atoms. The molecule has 1 unspecified atom stereocenters. The van der Waals surface area contributed by atoms with E-state index in [9.17, 15) is 8.78 Å². The quantitative estimate of drug-likeness (QED) is 0.773.